The first-order valence-corrected chi connectivity index (χ1v) is 8.63. The zero-order chi connectivity index (χ0) is 15.1. The van der Waals surface area contributed by atoms with E-state index in [0.717, 1.165) is 19.5 Å². The number of nitrogens with two attached hydrogens (primary N) is 1. The molecule has 0 saturated carbocycles. The molecule has 0 aromatic rings. The van der Waals surface area contributed by atoms with Crippen LogP contribution in [0.15, 0.2) is 0 Å². The zero-order valence-corrected chi connectivity index (χ0v) is 13.8. The van der Waals surface area contributed by atoms with Crippen LogP contribution >= 0.6 is 0 Å². The van der Waals surface area contributed by atoms with Gasteiger partial charge in [0.25, 0.3) is 0 Å². The normalized spacial score (nSPS) is 11.2. The van der Waals surface area contributed by atoms with Crippen molar-refractivity contribution in [2.45, 2.75) is 84.0 Å². The van der Waals surface area contributed by atoms with Crippen molar-refractivity contribution in [3.63, 3.8) is 0 Å². The highest BCUT2D eigenvalue weighted by molar-refractivity contribution is 5.73. The predicted molar refractivity (Wildman–Crippen MR) is 87.8 cm³/mol. The van der Waals surface area contributed by atoms with E-state index >= 15 is 0 Å². The van der Waals surface area contributed by atoms with Gasteiger partial charge >= 0.3 is 0 Å². The smallest absolute Gasteiger partial charge is 0.217 e. The number of carbonyl (C=O) groups excluding carboxylic acids is 1. The van der Waals surface area contributed by atoms with Crippen LogP contribution in [-0.4, -0.2) is 30.9 Å². The Bertz CT molecular complexity index is 219. The lowest BCUT2D eigenvalue weighted by atomic mass is 10.1. The van der Waals surface area contributed by atoms with E-state index in [1.165, 1.54) is 64.2 Å². The average molecular weight is 284 g/mol. The fraction of sp³-hybridized carbons (Fsp3) is 0.941. The molecule has 0 saturated heterocycles. The summed E-state index contributed by atoms with van der Waals surface area (Å²) in [6, 6.07) is 0. The first-order chi connectivity index (χ1) is 9.66. The molecule has 3 nitrogen and oxygen atoms in total. The SMILES string of the molecule is CCCCCCCCCCCCN(C)CCCC(N)=O. The fourth-order valence-corrected chi connectivity index (χ4v) is 2.50. The summed E-state index contributed by atoms with van der Waals surface area (Å²) in [6.45, 7) is 4.40. The average Bonchev–Trinajstić information content (AvgIpc) is 2.40. The number of hydrogen-bond donors (Lipinski definition) is 1. The molecule has 2 N–H and O–H groups in total. The van der Waals surface area contributed by atoms with E-state index in [4.69, 9.17) is 5.73 Å². The van der Waals surface area contributed by atoms with Crippen molar-refractivity contribution in [3.05, 3.63) is 0 Å². The molecule has 0 spiro atoms. The molecule has 0 aromatic heterocycles. The molecular formula is C17H36N2O. The highest BCUT2D eigenvalue weighted by Crippen LogP contribution is 2.10. The van der Waals surface area contributed by atoms with Crippen molar-refractivity contribution in [1.82, 2.24) is 4.90 Å². The maximum absolute atomic E-state index is 10.6. The van der Waals surface area contributed by atoms with Gasteiger partial charge in [-0.15, -0.1) is 0 Å². The van der Waals surface area contributed by atoms with Crippen LogP contribution < -0.4 is 5.73 Å². The summed E-state index contributed by atoms with van der Waals surface area (Å²) in [5, 5.41) is 0. The lowest BCUT2D eigenvalue weighted by Crippen LogP contribution is -2.22. The van der Waals surface area contributed by atoms with E-state index in [1.807, 2.05) is 0 Å². The van der Waals surface area contributed by atoms with Gasteiger partial charge in [0.05, 0.1) is 0 Å². The van der Waals surface area contributed by atoms with E-state index in [0.29, 0.717) is 6.42 Å². The molecule has 0 heterocycles. The van der Waals surface area contributed by atoms with Crippen LogP contribution in [0.25, 0.3) is 0 Å². The second-order valence-corrected chi connectivity index (χ2v) is 6.06. The second-order valence-electron chi connectivity index (χ2n) is 6.06. The van der Waals surface area contributed by atoms with E-state index in [9.17, 15) is 4.79 Å². The van der Waals surface area contributed by atoms with Crippen molar-refractivity contribution in [2.75, 3.05) is 20.1 Å². The summed E-state index contributed by atoms with van der Waals surface area (Å²) in [5.74, 6) is -0.183. The second kappa shape index (κ2) is 14.8. The van der Waals surface area contributed by atoms with Gasteiger partial charge in [-0.25, -0.2) is 0 Å². The zero-order valence-electron chi connectivity index (χ0n) is 13.8. The largest absolute Gasteiger partial charge is 0.370 e. The molecule has 1 amide bonds. The van der Waals surface area contributed by atoms with E-state index in [2.05, 4.69) is 18.9 Å². The molecule has 0 aliphatic heterocycles. The van der Waals surface area contributed by atoms with Gasteiger partial charge in [0.1, 0.15) is 0 Å². The van der Waals surface area contributed by atoms with Gasteiger partial charge in [0.2, 0.25) is 5.91 Å². The van der Waals surface area contributed by atoms with Crippen LogP contribution in [0.3, 0.4) is 0 Å². The van der Waals surface area contributed by atoms with Crippen molar-refractivity contribution in [2.24, 2.45) is 5.73 Å². The van der Waals surface area contributed by atoms with Crippen LogP contribution in [0.2, 0.25) is 0 Å². The Morgan fingerprint density at radius 2 is 1.25 bits per heavy atom. The summed E-state index contributed by atoms with van der Waals surface area (Å²) < 4.78 is 0. The van der Waals surface area contributed by atoms with Gasteiger partial charge in [0.15, 0.2) is 0 Å². The van der Waals surface area contributed by atoms with Crippen molar-refractivity contribution >= 4 is 5.91 Å². The lowest BCUT2D eigenvalue weighted by Gasteiger charge is -2.15. The Morgan fingerprint density at radius 3 is 1.75 bits per heavy atom. The maximum Gasteiger partial charge on any atom is 0.217 e. The number of unbranched alkanes of at least 4 members (excludes halogenated alkanes) is 9. The summed E-state index contributed by atoms with van der Waals surface area (Å²) in [5.41, 5.74) is 5.13. The maximum atomic E-state index is 10.6. The van der Waals surface area contributed by atoms with Crippen LogP contribution in [0.5, 0.6) is 0 Å². The molecule has 0 atom stereocenters. The van der Waals surface area contributed by atoms with Crippen LogP contribution in [-0.2, 0) is 4.79 Å². The third kappa shape index (κ3) is 15.5. The highest BCUT2D eigenvalue weighted by Gasteiger charge is 2.00. The lowest BCUT2D eigenvalue weighted by molar-refractivity contribution is -0.118. The number of hydrogen-bond acceptors (Lipinski definition) is 2. The molecule has 20 heavy (non-hydrogen) atoms. The number of carbonyl (C=O) groups is 1. The summed E-state index contributed by atoms with van der Waals surface area (Å²) in [6.07, 6.45) is 15.2. The third-order valence-electron chi connectivity index (χ3n) is 3.86. The summed E-state index contributed by atoms with van der Waals surface area (Å²) >= 11 is 0. The Kier molecular flexibility index (Phi) is 14.4. The first kappa shape index (κ1) is 19.4. The van der Waals surface area contributed by atoms with Crippen LogP contribution in [0.4, 0.5) is 0 Å². The molecule has 0 aliphatic carbocycles. The van der Waals surface area contributed by atoms with Gasteiger partial charge in [-0.05, 0) is 33.0 Å². The van der Waals surface area contributed by atoms with Gasteiger partial charge in [-0.2, -0.15) is 0 Å². The van der Waals surface area contributed by atoms with E-state index in [-0.39, 0.29) is 5.91 Å². The van der Waals surface area contributed by atoms with Gasteiger partial charge in [-0.1, -0.05) is 64.7 Å². The Morgan fingerprint density at radius 1 is 0.800 bits per heavy atom. The van der Waals surface area contributed by atoms with Gasteiger partial charge in [0, 0.05) is 6.42 Å². The topological polar surface area (TPSA) is 46.3 Å². The minimum Gasteiger partial charge on any atom is -0.370 e. The molecule has 0 rings (SSSR count). The van der Waals surface area contributed by atoms with Gasteiger partial charge in [-0.3, -0.25) is 4.79 Å². The summed E-state index contributed by atoms with van der Waals surface area (Å²) in [7, 11) is 2.13. The molecular weight excluding hydrogens is 248 g/mol. The van der Waals surface area contributed by atoms with Gasteiger partial charge < -0.3 is 10.6 Å². The van der Waals surface area contributed by atoms with Crippen molar-refractivity contribution in [1.29, 1.82) is 0 Å². The number of nitrogens with zero attached hydrogens (tertiary/aromatic N) is 1. The molecule has 0 aromatic carbocycles. The molecule has 0 aliphatic rings. The monoisotopic (exact) mass is 284 g/mol. The standard InChI is InChI=1S/C17H36N2O/c1-3-4-5-6-7-8-9-10-11-12-15-19(2)16-13-14-17(18)20/h3-16H2,1-2H3,(H2,18,20). The predicted octanol–water partition coefficient (Wildman–Crippen LogP) is 4.10. The van der Waals surface area contributed by atoms with E-state index in [1.54, 1.807) is 0 Å². The molecule has 3 heteroatoms. The quantitative estimate of drug-likeness (QED) is 0.460. The molecule has 0 bridgehead atoms. The first-order valence-electron chi connectivity index (χ1n) is 8.63. The Hall–Kier alpha value is -0.570. The summed E-state index contributed by atoms with van der Waals surface area (Å²) in [4.78, 5) is 12.9. The fourth-order valence-electron chi connectivity index (χ4n) is 2.50. The van der Waals surface area contributed by atoms with Crippen molar-refractivity contribution < 1.29 is 4.79 Å². The Balaban J connectivity index is 3.13. The van der Waals surface area contributed by atoms with Crippen LogP contribution in [0, 0.1) is 0 Å². The third-order valence-corrected chi connectivity index (χ3v) is 3.86. The van der Waals surface area contributed by atoms with E-state index < -0.39 is 0 Å². The Labute approximate surface area is 126 Å². The minimum atomic E-state index is -0.183. The highest BCUT2D eigenvalue weighted by atomic mass is 16.1. The molecule has 120 valence electrons. The number of amides is 1. The van der Waals surface area contributed by atoms with Crippen molar-refractivity contribution in [3.8, 4) is 0 Å². The molecule has 0 radical (unpaired) electrons. The molecule has 0 unspecified atom stereocenters. The number of primary amides is 1. The number of rotatable bonds is 15. The minimum absolute atomic E-state index is 0.183. The molecule has 0 fully saturated rings. The van der Waals surface area contributed by atoms with Crippen LogP contribution in [0.1, 0.15) is 84.0 Å².